The van der Waals surface area contributed by atoms with Gasteiger partial charge >= 0.3 is 5.97 Å². The van der Waals surface area contributed by atoms with E-state index in [-0.39, 0.29) is 37.3 Å². The van der Waals surface area contributed by atoms with Gasteiger partial charge in [-0.1, -0.05) is 12.1 Å². The van der Waals surface area contributed by atoms with Crippen LogP contribution in [-0.4, -0.2) is 39.4 Å². The van der Waals surface area contributed by atoms with E-state index in [2.05, 4.69) is 10.2 Å². The van der Waals surface area contributed by atoms with Gasteiger partial charge in [-0.15, -0.1) is 10.2 Å². The molecular weight excluding hydrogens is 390 g/mol. The Morgan fingerprint density at radius 3 is 2.37 bits per heavy atom. The number of fused-ring (bicyclic) bond motifs is 1. The average Bonchev–Trinajstić information content (AvgIpc) is 3.39. The first-order valence-electron chi connectivity index (χ1n) is 9.44. The lowest BCUT2D eigenvalue weighted by Gasteiger charge is -2.13. The van der Waals surface area contributed by atoms with E-state index >= 15 is 0 Å². The molecule has 0 fully saturated rings. The molecule has 0 bridgehead atoms. The van der Waals surface area contributed by atoms with Gasteiger partial charge in [-0.3, -0.25) is 19.3 Å². The Labute approximate surface area is 171 Å². The van der Waals surface area contributed by atoms with Gasteiger partial charge in [-0.25, -0.2) is 0 Å². The van der Waals surface area contributed by atoms with Crippen LogP contribution in [0.25, 0.3) is 11.5 Å². The second-order valence-electron chi connectivity index (χ2n) is 6.90. The first-order chi connectivity index (χ1) is 14.4. The van der Waals surface area contributed by atoms with Gasteiger partial charge in [-0.05, 0) is 38.5 Å². The molecule has 0 atom stereocenters. The summed E-state index contributed by atoms with van der Waals surface area (Å²) in [7, 11) is 0. The minimum absolute atomic E-state index is 0.0500. The van der Waals surface area contributed by atoms with Gasteiger partial charge in [-0.2, -0.15) is 0 Å². The fourth-order valence-electron chi connectivity index (χ4n) is 3.30. The molecule has 0 radical (unpaired) electrons. The molecule has 154 valence electrons. The molecule has 3 heterocycles. The fourth-order valence-corrected chi connectivity index (χ4v) is 3.30. The van der Waals surface area contributed by atoms with E-state index in [1.165, 1.54) is 0 Å². The third-order valence-electron chi connectivity index (χ3n) is 4.74. The third kappa shape index (κ3) is 3.73. The monoisotopic (exact) mass is 409 g/mol. The number of carbonyl (C=O) groups is 3. The predicted octanol–water partition coefficient (Wildman–Crippen LogP) is 3.07. The SMILES string of the molecule is Cc1cc(-c2nnc(COC(=O)CCCN3C(=O)c4ccccc4C3=O)o2)c(C)o1. The van der Waals surface area contributed by atoms with Crippen LogP contribution in [0.2, 0.25) is 0 Å². The van der Waals surface area contributed by atoms with E-state index in [0.717, 1.165) is 10.7 Å². The van der Waals surface area contributed by atoms with Crippen molar-refractivity contribution in [2.75, 3.05) is 6.54 Å². The largest absolute Gasteiger partial charge is 0.466 e. The molecule has 1 aliphatic rings. The molecule has 30 heavy (non-hydrogen) atoms. The quantitative estimate of drug-likeness (QED) is 0.432. The second-order valence-corrected chi connectivity index (χ2v) is 6.90. The van der Waals surface area contributed by atoms with E-state index in [4.69, 9.17) is 13.6 Å². The molecule has 1 aliphatic heterocycles. The van der Waals surface area contributed by atoms with Crippen molar-refractivity contribution in [2.45, 2.75) is 33.3 Å². The Hall–Kier alpha value is -3.75. The lowest BCUT2D eigenvalue weighted by atomic mass is 10.1. The van der Waals surface area contributed by atoms with Crippen molar-refractivity contribution >= 4 is 17.8 Å². The molecule has 9 heteroatoms. The molecule has 2 aromatic heterocycles. The van der Waals surface area contributed by atoms with Crippen LogP contribution in [0.15, 0.2) is 39.2 Å². The minimum Gasteiger partial charge on any atom is -0.466 e. The lowest BCUT2D eigenvalue weighted by Crippen LogP contribution is -2.31. The number of rotatable bonds is 7. The number of aryl methyl sites for hydroxylation is 2. The maximum Gasteiger partial charge on any atom is 0.306 e. The molecule has 0 N–H and O–H groups in total. The minimum atomic E-state index is -0.485. The van der Waals surface area contributed by atoms with Gasteiger partial charge < -0.3 is 13.6 Å². The number of furan rings is 1. The van der Waals surface area contributed by atoms with Crippen molar-refractivity contribution in [1.29, 1.82) is 0 Å². The van der Waals surface area contributed by atoms with Crippen LogP contribution >= 0.6 is 0 Å². The summed E-state index contributed by atoms with van der Waals surface area (Å²) in [6.07, 6.45) is 0.349. The maximum atomic E-state index is 12.3. The summed E-state index contributed by atoms with van der Waals surface area (Å²) < 4.78 is 16.1. The zero-order chi connectivity index (χ0) is 21.3. The summed E-state index contributed by atoms with van der Waals surface area (Å²) in [6, 6.07) is 8.45. The van der Waals surface area contributed by atoms with Gasteiger partial charge in [0.25, 0.3) is 23.6 Å². The number of hydrogen-bond donors (Lipinski definition) is 0. The van der Waals surface area contributed by atoms with Gasteiger partial charge in [0, 0.05) is 13.0 Å². The normalized spacial score (nSPS) is 13.1. The van der Waals surface area contributed by atoms with E-state index in [9.17, 15) is 14.4 Å². The zero-order valence-electron chi connectivity index (χ0n) is 16.5. The highest BCUT2D eigenvalue weighted by molar-refractivity contribution is 6.21. The summed E-state index contributed by atoms with van der Waals surface area (Å²) in [5, 5.41) is 7.81. The lowest BCUT2D eigenvalue weighted by molar-refractivity contribution is -0.145. The number of ether oxygens (including phenoxy) is 1. The Balaban J connectivity index is 1.25. The van der Waals surface area contributed by atoms with Gasteiger partial charge in [0.1, 0.15) is 11.5 Å². The van der Waals surface area contributed by atoms with E-state index in [0.29, 0.717) is 34.8 Å². The maximum absolute atomic E-state index is 12.3. The predicted molar refractivity (Wildman–Crippen MR) is 102 cm³/mol. The molecule has 0 unspecified atom stereocenters. The van der Waals surface area contributed by atoms with Crippen molar-refractivity contribution < 1.29 is 28.0 Å². The zero-order valence-corrected chi connectivity index (χ0v) is 16.5. The summed E-state index contributed by atoms with van der Waals surface area (Å²) in [5.41, 5.74) is 1.47. The number of hydrogen-bond acceptors (Lipinski definition) is 8. The van der Waals surface area contributed by atoms with Crippen LogP contribution in [-0.2, 0) is 16.1 Å². The highest BCUT2D eigenvalue weighted by atomic mass is 16.5. The molecule has 0 saturated heterocycles. The van der Waals surface area contributed by atoms with Crippen LogP contribution in [0.4, 0.5) is 0 Å². The Morgan fingerprint density at radius 2 is 1.73 bits per heavy atom. The number of nitrogens with zero attached hydrogens (tertiary/aromatic N) is 3. The molecule has 0 saturated carbocycles. The highest BCUT2D eigenvalue weighted by Gasteiger charge is 2.34. The Bertz CT molecular complexity index is 1090. The summed E-state index contributed by atoms with van der Waals surface area (Å²) >= 11 is 0. The molecule has 4 rings (SSSR count). The van der Waals surface area contributed by atoms with Crippen molar-refractivity contribution in [3.05, 3.63) is 58.9 Å². The molecule has 1 aromatic carbocycles. The average molecular weight is 409 g/mol. The first kappa shape index (κ1) is 19.6. The van der Waals surface area contributed by atoms with E-state index in [1.807, 2.05) is 6.92 Å². The number of aromatic nitrogens is 2. The Morgan fingerprint density at radius 1 is 1.03 bits per heavy atom. The van der Waals surface area contributed by atoms with Gasteiger partial charge in [0.2, 0.25) is 0 Å². The van der Waals surface area contributed by atoms with Crippen molar-refractivity contribution in [1.82, 2.24) is 15.1 Å². The van der Waals surface area contributed by atoms with E-state index < -0.39 is 5.97 Å². The van der Waals surface area contributed by atoms with Crippen molar-refractivity contribution in [3.63, 3.8) is 0 Å². The van der Waals surface area contributed by atoms with Crippen LogP contribution in [0, 0.1) is 13.8 Å². The Kier molecular flexibility index (Phi) is 5.18. The molecule has 3 aromatic rings. The van der Waals surface area contributed by atoms with Crippen LogP contribution < -0.4 is 0 Å². The summed E-state index contributed by atoms with van der Waals surface area (Å²) in [5.74, 6) is 0.679. The third-order valence-corrected chi connectivity index (χ3v) is 4.74. The molecule has 9 nitrogen and oxygen atoms in total. The van der Waals surface area contributed by atoms with Crippen molar-refractivity contribution in [2.24, 2.45) is 0 Å². The number of benzene rings is 1. The molecule has 0 aliphatic carbocycles. The molecular formula is C21H19N3O6. The first-order valence-corrected chi connectivity index (χ1v) is 9.44. The highest BCUT2D eigenvalue weighted by Crippen LogP contribution is 2.25. The molecule has 2 amide bonds. The van der Waals surface area contributed by atoms with Crippen molar-refractivity contribution in [3.8, 4) is 11.5 Å². The number of imide groups is 1. The topological polar surface area (TPSA) is 116 Å². The van der Waals surface area contributed by atoms with Crippen LogP contribution in [0.1, 0.15) is 51.0 Å². The van der Waals surface area contributed by atoms with E-state index in [1.54, 1.807) is 37.3 Å². The summed E-state index contributed by atoms with van der Waals surface area (Å²) in [6.45, 7) is 3.60. The second kappa shape index (κ2) is 7.94. The fraction of sp³-hybridized carbons (Fsp3) is 0.286. The molecule has 0 spiro atoms. The van der Waals surface area contributed by atoms with Crippen LogP contribution in [0.5, 0.6) is 0 Å². The number of carbonyl (C=O) groups excluding carboxylic acids is 3. The number of amides is 2. The van der Waals surface area contributed by atoms with Crippen LogP contribution in [0.3, 0.4) is 0 Å². The smallest absolute Gasteiger partial charge is 0.306 e. The van der Waals surface area contributed by atoms with Gasteiger partial charge in [0.15, 0.2) is 6.61 Å². The summed E-state index contributed by atoms with van der Waals surface area (Å²) in [4.78, 5) is 37.7. The number of esters is 1. The standard InChI is InChI=1S/C21H19N3O6/c1-12-10-16(13(2)29-12)19-23-22-17(30-19)11-28-18(25)8-5-9-24-20(26)14-6-3-4-7-15(14)21(24)27/h3-4,6-7,10H,5,8-9,11H2,1-2H3. The van der Waals surface area contributed by atoms with Gasteiger partial charge in [0.05, 0.1) is 16.7 Å².